The molecule has 0 aromatic heterocycles. The van der Waals surface area contributed by atoms with Crippen LogP contribution in [0.4, 0.5) is 0 Å². The lowest BCUT2D eigenvalue weighted by Crippen LogP contribution is -2.45. The number of amides is 2. The molecule has 0 saturated carbocycles. The number of benzene rings is 2. The average Bonchev–Trinajstić information content (AvgIpc) is 2.73. The highest BCUT2D eigenvalue weighted by Crippen LogP contribution is 2.18. The van der Waals surface area contributed by atoms with Crippen LogP contribution in [0.25, 0.3) is 10.8 Å². The van der Waals surface area contributed by atoms with Gasteiger partial charge in [-0.15, -0.1) is 0 Å². The number of carbonyl (C=O) groups excluding carboxylic acids is 2. The van der Waals surface area contributed by atoms with Crippen LogP contribution in [0.5, 0.6) is 0 Å². The fraction of sp³-hybridized carbons (Fsp3) is 0.435. The van der Waals surface area contributed by atoms with E-state index in [9.17, 15) is 14.4 Å². The van der Waals surface area contributed by atoms with Gasteiger partial charge in [-0.3, -0.25) is 14.4 Å². The Morgan fingerprint density at radius 3 is 2.45 bits per heavy atom. The fourth-order valence-corrected chi connectivity index (χ4v) is 3.80. The first-order valence-electron chi connectivity index (χ1n) is 10.2. The molecule has 29 heavy (non-hydrogen) atoms. The minimum atomic E-state index is -0.796. The number of aliphatic carboxylic acids is 1. The molecule has 3 rings (SSSR count). The maximum absolute atomic E-state index is 12.4. The van der Waals surface area contributed by atoms with Gasteiger partial charge in [-0.1, -0.05) is 42.5 Å². The lowest BCUT2D eigenvalue weighted by atomic mass is 9.97. The molecule has 1 aliphatic heterocycles. The molecule has 0 atom stereocenters. The van der Waals surface area contributed by atoms with E-state index in [2.05, 4.69) is 30.3 Å². The number of fused-ring (bicyclic) bond motifs is 1. The van der Waals surface area contributed by atoms with Gasteiger partial charge in [0, 0.05) is 26.6 Å². The molecule has 0 spiro atoms. The predicted octanol–water partition coefficient (Wildman–Crippen LogP) is 2.94. The van der Waals surface area contributed by atoms with Crippen LogP contribution in [0.1, 0.15) is 31.2 Å². The largest absolute Gasteiger partial charge is 0.481 e. The molecular formula is C23H28N2O4. The number of piperidine rings is 1. The second-order valence-corrected chi connectivity index (χ2v) is 7.78. The Labute approximate surface area is 171 Å². The Bertz CT molecular complexity index is 887. The van der Waals surface area contributed by atoms with Crippen LogP contribution in [0, 0.1) is 5.92 Å². The summed E-state index contributed by atoms with van der Waals surface area (Å²) < 4.78 is 0. The molecule has 2 amide bonds. The van der Waals surface area contributed by atoms with Crippen molar-refractivity contribution in [1.82, 2.24) is 9.80 Å². The molecule has 2 aromatic rings. The zero-order valence-corrected chi connectivity index (χ0v) is 16.8. The van der Waals surface area contributed by atoms with Crippen molar-refractivity contribution < 1.29 is 19.5 Å². The lowest BCUT2D eigenvalue weighted by molar-refractivity contribution is -0.146. The maximum Gasteiger partial charge on any atom is 0.306 e. The normalized spacial score (nSPS) is 14.7. The highest BCUT2D eigenvalue weighted by atomic mass is 16.4. The van der Waals surface area contributed by atoms with E-state index in [0.717, 1.165) is 12.8 Å². The summed E-state index contributed by atoms with van der Waals surface area (Å²) in [4.78, 5) is 38.9. The van der Waals surface area contributed by atoms with Gasteiger partial charge in [0.25, 0.3) is 0 Å². The molecule has 2 aromatic carbocycles. The van der Waals surface area contributed by atoms with Crippen molar-refractivity contribution in [2.45, 2.75) is 32.1 Å². The minimum Gasteiger partial charge on any atom is -0.481 e. The van der Waals surface area contributed by atoms with Gasteiger partial charge in [0.2, 0.25) is 11.8 Å². The number of nitrogens with zero attached hydrogens (tertiary/aromatic N) is 2. The van der Waals surface area contributed by atoms with E-state index in [0.29, 0.717) is 32.4 Å². The molecule has 1 heterocycles. The minimum absolute atomic E-state index is 0.0421. The number of hydrogen-bond acceptors (Lipinski definition) is 3. The standard InChI is InChI=1S/C23H28N2O4/c1-24(16-22(27)25-13-11-19(12-14-25)23(28)29)21(26)8-4-5-17-9-10-18-6-2-3-7-20(18)15-17/h2-3,6-7,9-10,15,19H,4-5,8,11-14,16H2,1H3,(H,28,29). The van der Waals surface area contributed by atoms with Crippen LogP contribution in [0.2, 0.25) is 0 Å². The Morgan fingerprint density at radius 2 is 1.76 bits per heavy atom. The van der Waals surface area contributed by atoms with E-state index < -0.39 is 5.97 Å². The van der Waals surface area contributed by atoms with Crippen molar-refractivity contribution in [3.63, 3.8) is 0 Å². The number of likely N-dealkylation sites (N-methyl/N-ethyl adjacent to an activating group) is 1. The smallest absolute Gasteiger partial charge is 0.306 e. The average molecular weight is 396 g/mol. The van der Waals surface area contributed by atoms with E-state index in [1.165, 1.54) is 21.2 Å². The zero-order chi connectivity index (χ0) is 20.8. The molecule has 1 fully saturated rings. The van der Waals surface area contributed by atoms with Gasteiger partial charge in [-0.2, -0.15) is 0 Å². The zero-order valence-electron chi connectivity index (χ0n) is 16.8. The van der Waals surface area contributed by atoms with E-state index in [-0.39, 0.29) is 24.3 Å². The third-order valence-corrected chi connectivity index (χ3v) is 5.67. The van der Waals surface area contributed by atoms with Crippen LogP contribution in [0.15, 0.2) is 42.5 Å². The van der Waals surface area contributed by atoms with Crippen molar-refractivity contribution in [2.75, 3.05) is 26.7 Å². The van der Waals surface area contributed by atoms with E-state index in [1.54, 1.807) is 11.9 Å². The van der Waals surface area contributed by atoms with Gasteiger partial charge in [-0.25, -0.2) is 0 Å². The summed E-state index contributed by atoms with van der Waals surface area (Å²) in [5.41, 5.74) is 1.21. The number of carboxylic acid groups (broad SMARTS) is 1. The van der Waals surface area contributed by atoms with E-state index in [4.69, 9.17) is 5.11 Å². The van der Waals surface area contributed by atoms with Crippen LogP contribution in [0.3, 0.4) is 0 Å². The topological polar surface area (TPSA) is 77.9 Å². The first-order valence-corrected chi connectivity index (χ1v) is 10.2. The fourth-order valence-electron chi connectivity index (χ4n) is 3.80. The van der Waals surface area contributed by atoms with Crippen LogP contribution >= 0.6 is 0 Å². The molecule has 1 saturated heterocycles. The molecule has 1 N–H and O–H groups in total. The molecule has 1 aliphatic rings. The Kier molecular flexibility index (Phi) is 6.86. The van der Waals surface area contributed by atoms with Gasteiger partial charge < -0.3 is 14.9 Å². The SMILES string of the molecule is CN(CC(=O)N1CCC(C(=O)O)CC1)C(=O)CCCc1ccc2ccccc2c1. The summed E-state index contributed by atoms with van der Waals surface area (Å²) >= 11 is 0. The van der Waals surface area contributed by atoms with E-state index >= 15 is 0 Å². The van der Waals surface area contributed by atoms with E-state index in [1.807, 2.05) is 12.1 Å². The van der Waals surface area contributed by atoms with Crippen LogP contribution in [-0.2, 0) is 20.8 Å². The summed E-state index contributed by atoms with van der Waals surface area (Å²) in [5, 5.41) is 11.4. The van der Waals surface area contributed by atoms with Gasteiger partial charge in [0.15, 0.2) is 0 Å². The van der Waals surface area contributed by atoms with Crippen molar-refractivity contribution >= 4 is 28.6 Å². The first-order chi connectivity index (χ1) is 13.9. The van der Waals surface area contributed by atoms with Crippen molar-refractivity contribution in [3.05, 3.63) is 48.0 Å². The monoisotopic (exact) mass is 396 g/mol. The van der Waals surface area contributed by atoms with Crippen molar-refractivity contribution in [3.8, 4) is 0 Å². The highest BCUT2D eigenvalue weighted by molar-refractivity contribution is 5.85. The number of rotatable bonds is 7. The molecule has 0 radical (unpaired) electrons. The summed E-state index contributed by atoms with van der Waals surface area (Å²) in [5.74, 6) is -1.32. The van der Waals surface area contributed by atoms with Gasteiger partial charge in [-0.05, 0) is 42.0 Å². The Morgan fingerprint density at radius 1 is 1.07 bits per heavy atom. The molecule has 154 valence electrons. The summed E-state index contributed by atoms with van der Waals surface area (Å²) in [6.45, 7) is 0.937. The lowest BCUT2D eigenvalue weighted by Gasteiger charge is -2.31. The summed E-state index contributed by atoms with van der Waals surface area (Å²) in [7, 11) is 1.65. The predicted molar refractivity (Wildman–Crippen MR) is 111 cm³/mol. The van der Waals surface area contributed by atoms with Gasteiger partial charge in [0.1, 0.15) is 0 Å². The Balaban J connectivity index is 1.41. The summed E-state index contributed by atoms with van der Waals surface area (Å²) in [6.07, 6.45) is 2.91. The van der Waals surface area contributed by atoms with Crippen molar-refractivity contribution in [2.24, 2.45) is 5.92 Å². The number of hydrogen-bond donors (Lipinski definition) is 1. The molecule has 0 unspecified atom stereocenters. The Hall–Kier alpha value is -2.89. The van der Waals surface area contributed by atoms with Gasteiger partial charge >= 0.3 is 5.97 Å². The molecule has 6 nitrogen and oxygen atoms in total. The number of carbonyl (C=O) groups is 3. The second kappa shape index (κ2) is 9.54. The molecular weight excluding hydrogens is 368 g/mol. The molecule has 0 aliphatic carbocycles. The number of likely N-dealkylation sites (tertiary alicyclic amines) is 1. The highest BCUT2D eigenvalue weighted by Gasteiger charge is 2.27. The molecule has 6 heteroatoms. The van der Waals surface area contributed by atoms with Crippen molar-refractivity contribution in [1.29, 1.82) is 0 Å². The maximum atomic E-state index is 12.4. The number of aryl methyl sites for hydroxylation is 1. The third-order valence-electron chi connectivity index (χ3n) is 5.67. The second-order valence-electron chi connectivity index (χ2n) is 7.78. The quantitative estimate of drug-likeness (QED) is 0.781. The third kappa shape index (κ3) is 5.56. The number of carboxylic acids is 1. The first kappa shape index (κ1) is 20.8. The van der Waals surface area contributed by atoms with Gasteiger partial charge in [0.05, 0.1) is 12.5 Å². The van der Waals surface area contributed by atoms with Crippen LogP contribution < -0.4 is 0 Å². The van der Waals surface area contributed by atoms with Crippen LogP contribution in [-0.4, -0.2) is 59.4 Å². The molecule has 0 bridgehead atoms. The summed E-state index contributed by atoms with van der Waals surface area (Å²) in [6, 6.07) is 14.6.